The fourth-order valence-corrected chi connectivity index (χ4v) is 4.03. The van der Waals surface area contributed by atoms with Gasteiger partial charge in [0.15, 0.2) is 5.76 Å². The lowest BCUT2D eigenvalue weighted by molar-refractivity contribution is -0.121. The predicted octanol–water partition coefficient (Wildman–Crippen LogP) is 2.34. The number of hydrogen-bond donors (Lipinski definition) is 2. The van der Waals surface area contributed by atoms with E-state index >= 15 is 0 Å². The Morgan fingerprint density at radius 3 is 2.48 bits per heavy atom. The summed E-state index contributed by atoms with van der Waals surface area (Å²) < 4.78 is 15.5. The smallest absolute Gasteiger partial charge is 0.356 e. The Balaban J connectivity index is 1.49. The molecular formula is C23H26N4O6. The number of H-pyrrole nitrogens is 1. The molecule has 1 saturated heterocycles. The predicted molar refractivity (Wildman–Crippen MR) is 120 cm³/mol. The van der Waals surface area contributed by atoms with Crippen LogP contribution in [0.25, 0.3) is 10.9 Å². The molecule has 1 fully saturated rings. The summed E-state index contributed by atoms with van der Waals surface area (Å²) in [6.07, 6.45) is 1.47. The molecule has 2 aromatic heterocycles. The number of carbonyl (C=O) groups excluding carboxylic acids is 3. The third-order valence-corrected chi connectivity index (χ3v) is 5.90. The number of carbonyl (C=O) groups is 3. The van der Waals surface area contributed by atoms with E-state index in [0.29, 0.717) is 54.3 Å². The van der Waals surface area contributed by atoms with Crippen LogP contribution in [-0.2, 0) is 9.53 Å². The Bertz CT molecular complexity index is 1160. The first kappa shape index (κ1) is 22.4. The van der Waals surface area contributed by atoms with Gasteiger partial charge in [0, 0.05) is 26.2 Å². The summed E-state index contributed by atoms with van der Waals surface area (Å²) >= 11 is 0. The van der Waals surface area contributed by atoms with Crippen LogP contribution < -0.4 is 10.1 Å². The summed E-state index contributed by atoms with van der Waals surface area (Å²) in [4.78, 5) is 44.7. The van der Waals surface area contributed by atoms with E-state index in [1.165, 1.54) is 20.5 Å². The van der Waals surface area contributed by atoms with Crippen molar-refractivity contribution >= 4 is 34.4 Å². The van der Waals surface area contributed by atoms with Crippen molar-refractivity contribution in [2.75, 3.05) is 45.7 Å². The molecule has 0 radical (unpaired) electrons. The van der Waals surface area contributed by atoms with E-state index in [2.05, 4.69) is 10.3 Å². The molecule has 0 saturated carbocycles. The summed E-state index contributed by atoms with van der Waals surface area (Å²) in [5.41, 5.74) is 1.10. The SMILES string of the molecule is COC(=O)c1[nH]c2cccc(OC)c2c1NC(=O)C(C)N1CCN(C(=O)c2ccco2)CC1. The van der Waals surface area contributed by atoms with Crippen LogP contribution in [0.1, 0.15) is 28.0 Å². The molecular weight excluding hydrogens is 428 g/mol. The molecule has 1 atom stereocenters. The maximum atomic E-state index is 13.2. The fourth-order valence-electron chi connectivity index (χ4n) is 4.03. The Kier molecular flexibility index (Phi) is 6.36. The van der Waals surface area contributed by atoms with Crippen LogP contribution in [-0.4, -0.2) is 79.0 Å². The van der Waals surface area contributed by atoms with E-state index in [-0.39, 0.29) is 17.5 Å². The van der Waals surface area contributed by atoms with Crippen molar-refractivity contribution in [1.29, 1.82) is 0 Å². The van der Waals surface area contributed by atoms with Gasteiger partial charge in [0.1, 0.15) is 11.4 Å². The first-order valence-corrected chi connectivity index (χ1v) is 10.6. The fraction of sp³-hybridized carbons (Fsp3) is 0.348. The van der Waals surface area contributed by atoms with Gasteiger partial charge in [-0.2, -0.15) is 0 Å². The molecule has 1 aromatic carbocycles. The number of anilines is 1. The first-order chi connectivity index (χ1) is 15.9. The molecule has 0 bridgehead atoms. The number of amides is 2. The summed E-state index contributed by atoms with van der Waals surface area (Å²) in [7, 11) is 2.81. The highest BCUT2D eigenvalue weighted by molar-refractivity contribution is 6.13. The molecule has 33 heavy (non-hydrogen) atoms. The second-order valence-electron chi connectivity index (χ2n) is 7.72. The van der Waals surface area contributed by atoms with E-state index < -0.39 is 12.0 Å². The molecule has 10 nitrogen and oxygen atoms in total. The lowest BCUT2D eigenvalue weighted by Crippen LogP contribution is -2.54. The number of methoxy groups -OCH3 is 2. The Hall–Kier alpha value is -3.79. The van der Waals surface area contributed by atoms with Gasteiger partial charge < -0.3 is 29.1 Å². The number of rotatable bonds is 6. The average Bonchev–Trinajstić information content (AvgIpc) is 3.51. The number of aromatic amines is 1. The minimum absolute atomic E-state index is 0.145. The largest absolute Gasteiger partial charge is 0.496 e. The number of piperazine rings is 1. The van der Waals surface area contributed by atoms with E-state index in [1.807, 2.05) is 4.90 Å². The lowest BCUT2D eigenvalue weighted by atomic mass is 10.1. The van der Waals surface area contributed by atoms with Crippen LogP contribution in [0.4, 0.5) is 5.69 Å². The molecule has 1 unspecified atom stereocenters. The number of ether oxygens (including phenoxy) is 2. The summed E-state index contributed by atoms with van der Waals surface area (Å²) in [6.45, 7) is 3.81. The van der Waals surface area contributed by atoms with Gasteiger partial charge in [0.2, 0.25) is 5.91 Å². The van der Waals surface area contributed by atoms with Crippen molar-refractivity contribution in [2.45, 2.75) is 13.0 Å². The molecule has 1 aliphatic rings. The van der Waals surface area contributed by atoms with E-state index in [4.69, 9.17) is 13.9 Å². The normalized spacial score (nSPS) is 15.3. The van der Waals surface area contributed by atoms with E-state index in [1.54, 1.807) is 42.2 Å². The highest BCUT2D eigenvalue weighted by atomic mass is 16.5. The summed E-state index contributed by atoms with van der Waals surface area (Å²) in [5.74, 6) is -0.214. The molecule has 1 aliphatic heterocycles. The number of hydrogen-bond acceptors (Lipinski definition) is 7. The van der Waals surface area contributed by atoms with Crippen LogP contribution in [0.15, 0.2) is 41.0 Å². The molecule has 10 heteroatoms. The average molecular weight is 454 g/mol. The first-order valence-electron chi connectivity index (χ1n) is 10.6. The molecule has 174 valence electrons. The van der Waals surface area contributed by atoms with Gasteiger partial charge in [-0.05, 0) is 31.2 Å². The molecule has 0 aliphatic carbocycles. The number of furan rings is 1. The minimum atomic E-state index is -0.596. The Morgan fingerprint density at radius 2 is 1.85 bits per heavy atom. The standard InChI is InChI=1S/C23H26N4O6/c1-14(26-9-11-27(12-10-26)22(29)17-8-5-13-33-17)21(28)25-19-18-15(6-4-7-16(18)31-2)24-20(19)23(30)32-3/h4-8,13-14,24H,9-12H2,1-3H3,(H,25,28). The highest BCUT2D eigenvalue weighted by Crippen LogP contribution is 2.35. The van der Waals surface area contributed by atoms with Gasteiger partial charge in [-0.3, -0.25) is 14.5 Å². The van der Waals surface area contributed by atoms with E-state index in [9.17, 15) is 14.4 Å². The maximum absolute atomic E-state index is 13.2. The Labute approximate surface area is 190 Å². The van der Waals surface area contributed by atoms with Crippen molar-refractivity contribution in [3.8, 4) is 5.75 Å². The van der Waals surface area contributed by atoms with Gasteiger partial charge in [0.05, 0.1) is 43.1 Å². The van der Waals surface area contributed by atoms with Crippen LogP contribution in [0.5, 0.6) is 5.75 Å². The quantitative estimate of drug-likeness (QED) is 0.549. The second kappa shape index (κ2) is 9.37. The molecule has 2 N–H and O–H groups in total. The number of esters is 1. The zero-order valence-electron chi connectivity index (χ0n) is 18.7. The highest BCUT2D eigenvalue weighted by Gasteiger charge is 2.30. The molecule has 3 heterocycles. The van der Waals surface area contributed by atoms with Gasteiger partial charge in [-0.1, -0.05) is 6.07 Å². The van der Waals surface area contributed by atoms with Gasteiger partial charge in [-0.15, -0.1) is 0 Å². The van der Waals surface area contributed by atoms with Crippen LogP contribution in [0, 0.1) is 0 Å². The van der Waals surface area contributed by atoms with Crippen LogP contribution in [0.3, 0.4) is 0 Å². The number of nitrogens with zero attached hydrogens (tertiary/aromatic N) is 2. The number of nitrogens with one attached hydrogen (secondary N) is 2. The zero-order valence-corrected chi connectivity index (χ0v) is 18.7. The van der Waals surface area contributed by atoms with Crippen molar-refractivity contribution in [1.82, 2.24) is 14.8 Å². The third kappa shape index (κ3) is 4.29. The lowest BCUT2D eigenvalue weighted by Gasteiger charge is -2.37. The number of benzene rings is 1. The van der Waals surface area contributed by atoms with E-state index in [0.717, 1.165) is 0 Å². The van der Waals surface area contributed by atoms with Crippen molar-refractivity contribution < 1.29 is 28.3 Å². The molecule has 3 aromatic rings. The van der Waals surface area contributed by atoms with Crippen molar-refractivity contribution in [2.24, 2.45) is 0 Å². The van der Waals surface area contributed by atoms with Crippen molar-refractivity contribution in [3.63, 3.8) is 0 Å². The number of aromatic nitrogens is 1. The molecule has 4 rings (SSSR count). The summed E-state index contributed by atoms with van der Waals surface area (Å²) in [6, 6.07) is 8.16. The van der Waals surface area contributed by atoms with Gasteiger partial charge in [-0.25, -0.2) is 4.79 Å². The maximum Gasteiger partial charge on any atom is 0.356 e. The van der Waals surface area contributed by atoms with Gasteiger partial charge in [0.25, 0.3) is 5.91 Å². The van der Waals surface area contributed by atoms with Gasteiger partial charge >= 0.3 is 5.97 Å². The minimum Gasteiger partial charge on any atom is -0.496 e. The Morgan fingerprint density at radius 1 is 1.09 bits per heavy atom. The monoisotopic (exact) mass is 454 g/mol. The van der Waals surface area contributed by atoms with Crippen LogP contribution >= 0.6 is 0 Å². The third-order valence-electron chi connectivity index (χ3n) is 5.90. The topological polar surface area (TPSA) is 117 Å². The molecule has 0 spiro atoms. The van der Waals surface area contributed by atoms with Crippen LogP contribution in [0.2, 0.25) is 0 Å². The zero-order chi connectivity index (χ0) is 23.5. The molecule has 2 amide bonds. The van der Waals surface area contributed by atoms with Crippen molar-refractivity contribution in [3.05, 3.63) is 48.0 Å². The summed E-state index contributed by atoms with van der Waals surface area (Å²) in [5, 5.41) is 3.48. The number of fused-ring (bicyclic) bond motifs is 1. The second-order valence-corrected chi connectivity index (χ2v) is 7.72.